The van der Waals surface area contributed by atoms with Gasteiger partial charge < -0.3 is 10.4 Å². The van der Waals surface area contributed by atoms with Crippen molar-refractivity contribution in [1.82, 2.24) is 4.90 Å². The predicted octanol–water partition coefficient (Wildman–Crippen LogP) is 4.80. The van der Waals surface area contributed by atoms with Gasteiger partial charge >= 0.3 is 0 Å². The number of carbonyl (C=O) groups excluding carboxylic acids is 1. The highest BCUT2D eigenvalue weighted by Crippen LogP contribution is 2.47. The molecular formula is C25H31F2NO2. The van der Waals surface area contributed by atoms with Gasteiger partial charge in [0.05, 0.1) is 0 Å². The zero-order chi connectivity index (χ0) is 20.4. The quantitative estimate of drug-likeness (QED) is 0.692. The fraction of sp³-hybridized carbons (Fsp3) is 0.480. The van der Waals surface area contributed by atoms with Gasteiger partial charge in [-0.1, -0.05) is 31.2 Å². The maximum absolute atomic E-state index is 14.9. The van der Waals surface area contributed by atoms with Gasteiger partial charge in [0.1, 0.15) is 11.6 Å². The molecule has 1 saturated heterocycles. The molecule has 1 aliphatic carbocycles. The van der Waals surface area contributed by atoms with Gasteiger partial charge in [-0.3, -0.25) is 4.79 Å². The Morgan fingerprint density at radius 2 is 1.77 bits per heavy atom. The zero-order valence-corrected chi connectivity index (χ0v) is 17.6. The molecule has 2 fully saturated rings. The van der Waals surface area contributed by atoms with Gasteiger partial charge in [0, 0.05) is 30.5 Å². The first kappa shape index (κ1) is 22.4. The van der Waals surface area contributed by atoms with Crippen LogP contribution in [0.15, 0.2) is 42.5 Å². The average Bonchev–Trinajstić information content (AvgIpc) is 3.15. The van der Waals surface area contributed by atoms with Gasteiger partial charge in [-0.2, -0.15) is 0 Å². The molecule has 1 aliphatic heterocycles. The molecule has 162 valence electrons. The Labute approximate surface area is 177 Å². The lowest BCUT2D eigenvalue weighted by molar-refractivity contribution is -0.128. The second-order valence-corrected chi connectivity index (χ2v) is 8.64. The summed E-state index contributed by atoms with van der Waals surface area (Å²) in [7, 11) is 0. The summed E-state index contributed by atoms with van der Waals surface area (Å²) in [5, 5.41) is 0. The van der Waals surface area contributed by atoms with Gasteiger partial charge in [-0.05, 0) is 73.8 Å². The fourth-order valence-electron chi connectivity index (χ4n) is 5.20. The molecule has 2 aromatic carbocycles. The first-order valence-electron chi connectivity index (χ1n) is 10.8. The molecule has 0 radical (unpaired) electrons. The van der Waals surface area contributed by atoms with Crippen LogP contribution in [-0.4, -0.2) is 29.4 Å². The molecule has 0 bridgehead atoms. The minimum atomic E-state index is -0.510. The number of benzene rings is 2. The summed E-state index contributed by atoms with van der Waals surface area (Å²) in [5.41, 5.74) is 2.27. The summed E-state index contributed by atoms with van der Waals surface area (Å²) in [6.45, 7) is 3.77. The number of hydrogen-bond donors (Lipinski definition) is 0. The number of aryl methyl sites for hydroxylation is 1. The number of amides is 1. The van der Waals surface area contributed by atoms with Crippen LogP contribution in [0.1, 0.15) is 62.1 Å². The van der Waals surface area contributed by atoms with Crippen molar-refractivity contribution < 1.29 is 19.1 Å². The Bertz CT molecular complexity index is 873. The van der Waals surface area contributed by atoms with E-state index in [0.29, 0.717) is 17.9 Å². The number of likely N-dealkylation sites (tertiary alicyclic amines) is 1. The van der Waals surface area contributed by atoms with Crippen LogP contribution < -0.4 is 0 Å². The molecule has 0 aromatic heterocycles. The van der Waals surface area contributed by atoms with E-state index in [4.69, 9.17) is 0 Å². The van der Waals surface area contributed by atoms with Crippen LogP contribution in [0.2, 0.25) is 0 Å². The third-order valence-corrected chi connectivity index (χ3v) is 6.97. The Kier molecular flexibility index (Phi) is 6.91. The third-order valence-electron chi connectivity index (χ3n) is 6.97. The monoisotopic (exact) mass is 415 g/mol. The molecule has 0 unspecified atom stereocenters. The molecule has 2 aliphatic rings. The molecule has 1 amide bonds. The molecule has 0 atom stereocenters. The minimum absolute atomic E-state index is 0. The number of hydrogen-bond acceptors (Lipinski definition) is 1. The molecule has 0 spiro atoms. The lowest BCUT2D eigenvalue weighted by Gasteiger charge is -2.42. The summed E-state index contributed by atoms with van der Waals surface area (Å²) >= 11 is 0. The van der Waals surface area contributed by atoms with E-state index in [9.17, 15) is 13.6 Å². The number of rotatable bonds is 5. The molecule has 2 aromatic rings. The van der Waals surface area contributed by atoms with E-state index in [2.05, 4.69) is 31.2 Å². The van der Waals surface area contributed by atoms with Crippen LogP contribution in [0.4, 0.5) is 8.78 Å². The van der Waals surface area contributed by atoms with Crippen molar-refractivity contribution in [2.24, 2.45) is 5.92 Å². The topological polar surface area (TPSA) is 51.8 Å². The standard InChI is InChI=1S/C25H29F2NO.H2O/c1-2-18-5-7-20(8-6-18)25(22-16-21(26)9-10-23(22)27)13-11-19(12-14-25)17-28-15-3-4-24(28)29;/h5-10,16,19H,2-4,11-15,17H2,1H3;1H2. The second kappa shape index (κ2) is 9.25. The van der Waals surface area contributed by atoms with Gasteiger partial charge in [0.15, 0.2) is 0 Å². The van der Waals surface area contributed by atoms with Gasteiger partial charge in [-0.15, -0.1) is 0 Å². The van der Waals surface area contributed by atoms with Crippen LogP contribution >= 0.6 is 0 Å². The first-order chi connectivity index (χ1) is 14.0. The SMILES string of the molecule is CCc1ccc(C2(c3cc(F)ccc3F)CCC(CN3CCCC3=O)CC2)cc1.O. The van der Waals surface area contributed by atoms with Crippen LogP contribution in [-0.2, 0) is 16.6 Å². The molecule has 3 nitrogen and oxygen atoms in total. The molecule has 5 heteroatoms. The van der Waals surface area contributed by atoms with E-state index in [1.54, 1.807) is 0 Å². The zero-order valence-electron chi connectivity index (χ0n) is 17.6. The van der Waals surface area contributed by atoms with Crippen molar-refractivity contribution in [1.29, 1.82) is 0 Å². The second-order valence-electron chi connectivity index (χ2n) is 8.64. The lowest BCUT2D eigenvalue weighted by atomic mass is 9.63. The summed E-state index contributed by atoms with van der Waals surface area (Å²) in [6.07, 6.45) is 5.93. The maximum atomic E-state index is 14.9. The van der Waals surface area contributed by atoms with Crippen LogP contribution in [0.5, 0.6) is 0 Å². The molecular weight excluding hydrogens is 384 g/mol. The highest BCUT2D eigenvalue weighted by Gasteiger charge is 2.41. The van der Waals surface area contributed by atoms with E-state index >= 15 is 0 Å². The van der Waals surface area contributed by atoms with E-state index in [1.165, 1.54) is 23.8 Å². The Balaban J connectivity index is 0.00000256. The van der Waals surface area contributed by atoms with Crippen molar-refractivity contribution in [2.45, 2.75) is 57.3 Å². The number of halogens is 2. The molecule has 2 N–H and O–H groups in total. The largest absolute Gasteiger partial charge is 0.412 e. The summed E-state index contributed by atoms with van der Waals surface area (Å²) in [4.78, 5) is 14.0. The van der Waals surface area contributed by atoms with Crippen molar-refractivity contribution >= 4 is 5.91 Å². The highest BCUT2D eigenvalue weighted by atomic mass is 19.1. The Hall–Kier alpha value is -2.27. The van der Waals surface area contributed by atoms with Crippen LogP contribution in [0, 0.1) is 17.6 Å². The molecule has 4 rings (SSSR count). The fourth-order valence-corrected chi connectivity index (χ4v) is 5.20. The number of nitrogens with zero attached hydrogens (tertiary/aromatic N) is 1. The summed E-state index contributed by atoms with van der Waals surface area (Å²) in [5.74, 6) is -0.0419. The van der Waals surface area contributed by atoms with E-state index in [-0.39, 0.29) is 17.2 Å². The minimum Gasteiger partial charge on any atom is -0.412 e. The van der Waals surface area contributed by atoms with E-state index < -0.39 is 11.2 Å². The van der Waals surface area contributed by atoms with Crippen molar-refractivity contribution in [2.75, 3.05) is 13.1 Å². The summed E-state index contributed by atoms with van der Waals surface area (Å²) < 4.78 is 29.0. The van der Waals surface area contributed by atoms with Crippen molar-refractivity contribution in [3.05, 3.63) is 70.8 Å². The maximum Gasteiger partial charge on any atom is 0.222 e. The third kappa shape index (κ3) is 4.27. The normalized spacial score (nSPS) is 24.0. The predicted molar refractivity (Wildman–Crippen MR) is 114 cm³/mol. The van der Waals surface area contributed by atoms with Crippen molar-refractivity contribution in [3.63, 3.8) is 0 Å². The van der Waals surface area contributed by atoms with Gasteiger partial charge in [0.2, 0.25) is 5.91 Å². The van der Waals surface area contributed by atoms with E-state index in [1.807, 2.05) is 4.90 Å². The molecule has 1 saturated carbocycles. The molecule has 30 heavy (non-hydrogen) atoms. The Morgan fingerprint density at radius 3 is 2.37 bits per heavy atom. The van der Waals surface area contributed by atoms with Crippen LogP contribution in [0.25, 0.3) is 0 Å². The first-order valence-corrected chi connectivity index (χ1v) is 10.8. The lowest BCUT2D eigenvalue weighted by Crippen LogP contribution is -2.38. The molecule has 1 heterocycles. The average molecular weight is 416 g/mol. The highest BCUT2D eigenvalue weighted by molar-refractivity contribution is 5.78. The van der Waals surface area contributed by atoms with E-state index in [0.717, 1.165) is 57.2 Å². The Morgan fingerprint density at radius 1 is 1.07 bits per heavy atom. The smallest absolute Gasteiger partial charge is 0.222 e. The van der Waals surface area contributed by atoms with Gasteiger partial charge in [0.25, 0.3) is 0 Å². The number of carbonyl (C=O) groups is 1. The van der Waals surface area contributed by atoms with Crippen molar-refractivity contribution in [3.8, 4) is 0 Å². The van der Waals surface area contributed by atoms with Crippen LogP contribution in [0.3, 0.4) is 0 Å². The van der Waals surface area contributed by atoms with Gasteiger partial charge in [-0.25, -0.2) is 8.78 Å². The summed E-state index contributed by atoms with van der Waals surface area (Å²) in [6, 6.07) is 12.2.